The van der Waals surface area contributed by atoms with Crippen molar-refractivity contribution in [2.75, 3.05) is 0 Å². The molecule has 0 atom stereocenters. The Morgan fingerprint density at radius 1 is 1.16 bits per heavy atom. The maximum absolute atomic E-state index is 9.94. The highest BCUT2D eigenvalue weighted by Gasteiger charge is 2.05. The molecule has 0 heterocycles. The summed E-state index contributed by atoms with van der Waals surface area (Å²) in [5.74, 6) is 0.235. The van der Waals surface area contributed by atoms with E-state index in [0.717, 1.165) is 12.8 Å². The monoisotopic (exact) mass is 474 g/mol. The van der Waals surface area contributed by atoms with Crippen molar-refractivity contribution >= 4 is 57.1 Å². The van der Waals surface area contributed by atoms with E-state index in [9.17, 15) is 5.11 Å². The summed E-state index contributed by atoms with van der Waals surface area (Å²) >= 11 is 4.28. The average Bonchev–Trinajstić information content (AvgIpc) is 2.41. The Balaban J connectivity index is 2.30. The lowest BCUT2D eigenvalue weighted by molar-refractivity contribution is 0.470. The molecule has 2 rings (SSSR count). The Morgan fingerprint density at radius 2 is 1.84 bits per heavy atom. The molecule has 94 valence electrons. The maximum atomic E-state index is 9.94. The Morgan fingerprint density at radius 3 is 2.47 bits per heavy atom. The highest BCUT2D eigenvalue weighted by atomic mass is 127. The first-order valence-corrected chi connectivity index (χ1v) is 7.48. The van der Waals surface area contributed by atoms with Crippen LogP contribution in [-0.2, 0) is 0 Å². The third kappa shape index (κ3) is 3.67. The molecule has 5 heteroatoms. The third-order valence-corrected chi connectivity index (χ3v) is 3.85. The number of aromatic hydroxyl groups is 1. The molecule has 2 aromatic rings. The standard InChI is InChI=1S/C14H8I2N2O/c15-11-5-10(14(19)13(16)6-11)8-18-12-3-1-9(7-17)2-4-12/h1-6,8,19H. The van der Waals surface area contributed by atoms with Crippen LogP contribution in [0.5, 0.6) is 5.75 Å². The first kappa shape index (κ1) is 14.3. The molecule has 0 radical (unpaired) electrons. The van der Waals surface area contributed by atoms with Gasteiger partial charge in [0.05, 0.1) is 20.9 Å². The molecule has 3 nitrogen and oxygen atoms in total. The van der Waals surface area contributed by atoms with Gasteiger partial charge in [-0.25, -0.2) is 0 Å². The van der Waals surface area contributed by atoms with Gasteiger partial charge in [-0.1, -0.05) is 0 Å². The summed E-state index contributed by atoms with van der Waals surface area (Å²) in [6.45, 7) is 0. The van der Waals surface area contributed by atoms with E-state index in [1.165, 1.54) is 0 Å². The molecule has 0 saturated carbocycles. The number of benzene rings is 2. The normalized spacial score (nSPS) is 10.6. The van der Waals surface area contributed by atoms with Gasteiger partial charge in [-0.15, -0.1) is 0 Å². The number of hydrogen-bond acceptors (Lipinski definition) is 3. The largest absolute Gasteiger partial charge is 0.506 e. The molecule has 0 aliphatic heterocycles. The van der Waals surface area contributed by atoms with Gasteiger partial charge in [0.1, 0.15) is 5.75 Å². The summed E-state index contributed by atoms with van der Waals surface area (Å²) in [6, 6.07) is 12.8. The summed E-state index contributed by atoms with van der Waals surface area (Å²) in [7, 11) is 0. The van der Waals surface area contributed by atoms with Gasteiger partial charge in [-0.2, -0.15) is 5.26 Å². The van der Waals surface area contributed by atoms with E-state index in [1.54, 1.807) is 30.5 Å². The second kappa shape index (κ2) is 6.34. The van der Waals surface area contributed by atoms with Crippen molar-refractivity contribution in [3.63, 3.8) is 0 Å². The lowest BCUT2D eigenvalue weighted by atomic mass is 10.2. The molecule has 0 spiro atoms. The summed E-state index contributed by atoms with van der Waals surface area (Å²) < 4.78 is 1.84. The van der Waals surface area contributed by atoms with Crippen LogP contribution in [0, 0.1) is 18.5 Å². The topological polar surface area (TPSA) is 56.4 Å². The molecule has 0 saturated heterocycles. The number of phenols is 1. The molecule has 0 bridgehead atoms. The zero-order valence-corrected chi connectivity index (χ0v) is 14.0. The molecule has 0 aliphatic carbocycles. The number of hydrogen-bond donors (Lipinski definition) is 1. The molecule has 0 aromatic heterocycles. The van der Waals surface area contributed by atoms with Gasteiger partial charge in [0.15, 0.2) is 0 Å². The highest BCUT2D eigenvalue weighted by Crippen LogP contribution is 2.26. The van der Waals surface area contributed by atoms with E-state index >= 15 is 0 Å². The minimum atomic E-state index is 0.235. The highest BCUT2D eigenvalue weighted by molar-refractivity contribution is 14.1. The Kier molecular flexibility index (Phi) is 4.76. The fourth-order valence-electron chi connectivity index (χ4n) is 1.45. The van der Waals surface area contributed by atoms with Crippen LogP contribution >= 0.6 is 45.2 Å². The molecule has 1 N–H and O–H groups in total. The predicted octanol–water partition coefficient (Wildman–Crippen LogP) is 4.22. The van der Waals surface area contributed by atoms with Gasteiger partial charge in [0, 0.05) is 15.3 Å². The number of halogens is 2. The zero-order chi connectivity index (χ0) is 13.8. The molecule has 0 aliphatic rings. The van der Waals surface area contributed by atoms with E-state index in [1.807, 2.05) is 12.1 Å². The van der Waals surface area contributed by atoms with Crippen LogP contribution in [0.3, 0.4) is 0 Å². The average molecular weight is 474 g/mol. The third-order valence-electron chi connectivity index (χ3n) is 2.41. The van der Waals surface area contributed by atoms with Crippen molar-refractivity contribution in [1.29, 1.82) is 5.26 Å². The Bertz CT molecular complexity index is 673. The number of rotatable bonds is 2. The van der Waals surface area contributed by atoms with Crippen LogP contribution in [0.15, 0.2) is 41.4 Å². The van der Waals surface area contributed by atoms with Gasteiger partial charge < -0.3 is 5.11 Å². The van der Waals surface area contributed by atoms with Crippen LogP contribution in [-0.4, -0.2) is 11.3 Å². The second-order valence-corrected chi connectivity index (χ2v) is 6.15. The summed E-state index contributed by atoms with van der Waals surface area (Å²) in [5.41, 5.74) is 2.03. The van der Waals surface area contributed by atoms with Crippen molar-refractivity contribution in [2.45, 2.75) is 0 Å². The molecule has 0 unspecified atom stereocenters. The summed E-state index contributed by atoms with van der Waals surface area (Å²) in [5, 5.41) is 18.6. The summed E-state index contributed by atoms with van der Waals surface area (Å²) in [6.07, 6.45) is 1.63. The van der Waals surface area contributed by atoms with Crippen LogP contribution in [0.2, 0.25) is 0 Å². The molecule has 2 aromatic carbocycles. The van der Waals surface area contributed by atoms with E-state index in [4.69, 9.17) is 5.26 Å². The quantitative estimate of drug-likeness (QED) is 0.524. The van der Waals surface area contributed by atoms with E-state index in [0.29, 0.717) is 11.1 Å². The van der Waals surface area contributed by atoms with Gasteiger partial charge in [-0.05, 0) is 81.6 Å². The molecular weight excluding hydrogens is 466 g/mol. The number of phenolic OH excluding ortho intramolecular Hbond substituents is 1. The zero-order valence-electron chi connectivity index (χ0n) is 9.64. The van der Waals surface area contributed by atoms with Gasteiger partial charge in [-0.3, -0.25) is 4.99 Å². The molecule has 0 fully saturated rings. The van der Waals surface area contributed by atoms with Gasteiger partial charge >= 0.3 is 0 Å². The van der Waals surface area contributed by atoms with E-state index < -0.39 is 0 Å². The van der Waals surface area contributed by atoms with Crippen molar-refractivity contribution < 1.29 is 5.11 Å². The second-order valence-electron chi connectivity index (χ2n) is 3.74. The Labute approximate surface area is 138 Å². The van der Waals surface area contributed by atoms with Gasteiger partial charge in [0.25, 0.3) is 0 Å². The first-order chi connectivity index (χ1) is 9.10. The van der Waals surface area contributed by atoms with Gasteiger partial charge in [0.2, 0.25) is 0 Å². The van der Waals surface area contributed by atoms with E-state index in [2.05, 4.69) is 56.2 Å². The minimum absolute atomic E-state index is 0.235. The number of nitriles is 1. The van der Waals surface area contributed by atoms with Crippen LogP contribution in [0.1, 0.15) is 11.1 Å². The number of nitrogens with zero attached hydrogens (tertiary/aromatic N) is 2. The smallest absolute Gasteiger partial charge is 0.137 e. The van der Waals surface area contributed by atoms with Crippen molar-refractivity contribution in [3.8, 4) is 11.8 Å². The lowest BCUT2D eigenvalue weighted by Gasteiger charge is -2.02. The fourth-order valence-corrected chi connectivity index (χ4v) is 3.34. The Hall–Kier alpha value is -1.14. The fraction of sp³-hybridized carbons (Fsp3) is 0. The molecule has 19 heavy (non-hydrogen) atoms. The van der Waals surface area contributed by atoms with Crippen molar-refractivity contribution in [3.05, 3.63) is 54.7 Å². The van der Waals surface area contributed by atoms with Crippen LogP contribution in [0.25, 0.3) is 0 Å². The SMILES string of the molecule is N#Cc1ccc(N=Cc2cc(I)cc(I)c2O)cc1. The lowest BCUT2D eigenvalue weighted by Crippen LogP contribution is -1.87. The summed E-state index contributed by atoms with van der Waals surface area (Å²) in [4.78, 5) is 4.29. The van der Waals surface area contributed by atoms with Crippen molar-refractivity contribution in [2.24, 2.45) is 4.99 Å². The van der Waals surface area contributed by atoms with Crippen molar-refractivity contribution in [1.82, 2.24) is 0 Å². The van der Waals surface area contributed by atoms with Crippen LogP contribution in [0.4, 0.5) is 5.69 Å². The number of aliphatic imine (C=N–C) groups is 1. The maximum Gasteiger partial charge on any atom is 0.137 e. The first-order valence-electron chi connectivity index (χ1n) is 5.32. The van der Waals surface area contributed by atoms with Crippen LogP contribution < -0.4 is 0 Å². The molecule has 0 amide bonds. The van der Waals surface area contributed by atoms with E-state index in [-0.39, 0.29) is 5.75 Å². The minimum Gasteiger partial charge on any atom is -0.506 e. The predicted molar refractivity (Wildman–Crippen MR) is 92.0 cm³/mol. The molecular formula is C14H8I2N2O.